The molecule has 1 aliphatic rings. The Kier molecular flexibility index (Phi) is 6.81. The molecule has 0 saturated carbocycles. The zero-order valence-electron chi connectivity index (χ0n) is 21.8. The molecule has 1 aliphatic heterocycles. The van der Waals surface area contributed by atoms with Crippen LogP contribution in [0, 0.1) is 0 Å². The monoisotopic (exact) mass is 460 g/mol. The third-order valence-electron chi connectivity index (χ3n) is 6.79. The molecule has 3 aromatic rings. The van der Waals surface area contributed by atoms with Gasteiger partial charge in [-0.15, -0.1) is 0 Å². The first kappa shape index (κ1) is 24.4. The SMILES string of the molecule is C=C(Nc1ncnc2c1cnn2CCN1CCCCC1)c1cc(C(C)(C)C)cc(C(C)(C)C)c1. The standard InChI is InChI=1S/C28H40N6/c1-20(21-15-22(27(2,3)4)17-23(16-21)28(5,6)7)32-25-24-18-31-34(26(24)30-19-29-25)14-13-33-11-9-8-10-12-33/h15-19H,1,8-14H2,2-7H3,(H,29,30,32). The van der Waals surface area contributed by atoms with E-state index in [2.05, 4.69) is 91.6 Å². The summed E-state index contributed by atoms with van der Waals surface area (Å²) in [6.45, 7) is 22.1. The summed E-state index contributed by atoms with van der Waals surface area (Å²) in [6.07, 6.45) is 7.43. The fourth-order valence-electron chi connectivity index (χ4n) is 4.46. The zero-order chi connectivity index (χ0) is 24.5. The third kappa shape index (κ3) is 5.49. The number of likely N-dealkylation sites (tertiary alicyclic amines) is 1. The highest BCUT2D eigenvalue weighted by atomic mass is 15.3. The van der Waals surface area contributed by atoms with E-state index in [1.807, 2.05) is 10.9 Å². The van der Waals surface area contributed by atoms with Crippen molar-refractivity contribution in [2.75, 3.05) is 25.0 Å². The average Bonchev–Trinajstić information content (AvgIpc) is 3.21. The Balaban J connectivity index is 1.58. The predicted molar refractivity (Wildman–Crippen MR) is 142 cm³/mol. The summed E-state index contributed by atoms with van der Waals surface area (Å²) >= 11 is 0. The Morgan fingerprint density at radius 3 is 2.18 bits per heavy atom. The first-order valence-corrected chi connectivity index (χ1v) is 12.5. The van der Waals surface area contributed by atoms with Gasteiger partial charge in [0.1, 0.15) is 12.1 Å². The van der Waals surface area contributed by atoms with Crippen molar-refractivity contribution in [1.82, 2.24) is 24.6 Å². The molecule has 6 heteroatoms. The normalized spacial score (nSPS) is 15.6. The summed E-state index contributed by atoms with van der Waals surface area (Å²) in [7, 11) is 0. The minimum atomic E-state index is 0.0496. The second-order valence-electron chi connectivity index (χ2n) is 11.6. The summed E-state index contributed by atoms with van der Waals surface area (Å²) in [4.78, 5) is 11.6. The van der Waals surface area contributed by atoms with Crippen molar-refractivity contribution in [3.8, 4) is 0 Å². The number of piperidine rings is 1. The van der Waals surface area contributed by atoms with Gasteiger partial charge >= 0.3 is 0 Å². The summed E-state index contributed by atoms with van der Waals surface area (Å²) in [5, 5.41) is 9.02. The second kappa shape index (κ2) is 9.49. The third-order valence-corrected chi connectivity index (χ3v) is 6.79. The fourth-order valence-corrected chi connectivity index (χ4v) is 4.46. The molecule has 4 rings (SSSR count). The van der Waals surface area contributed by atoms with Gasteiger partial charge in [-0.1, -0.05) is 60.6 Å². The molecule has 0 unspecified atom stereocenters. The maximum absolute atomic E-state index is 4.63. The summed E-state index contributed by atoms with van der Waals surface area (Å²) in [5.74, 6) is 0.748. The number of rotatable bonds is 6. The maximum Gasteiger partial charge on any atom is 0.163 e. The Hall–Kier alpha value is -2.73. The van der Waals surface area contributed by atoms with Crippen molar-refractivity contribution in [3.05, 3.63) is 54.0 Å². The van der Waals surface area contributed by atoms with Crippen LogP contribution in [0.25, 0.3) is 16.7 Å². The van der Waals surface area contributed by atoms with E-state index in [9.17, 15) is 0 Å². The molecule has 1 fully saturated rings. The van der Waals surface area contributed by atoms with Gasteiger partial charge in [-0.25, -0.2) is 14.6 Å². The number of nitrogens with zero attached hydrogens (tertiary/aromatic N) is 5. The zero-order valence-corrected chi connectivity index (χ0v) is 21.8. The molecule has 0 amide bonds. The van der Waals surface area contributed by atoms with E-state index in [0.29, 0.717) is 0 Å². The van der Waals surface area contributed by atoms with Crippen LogP contribution in [0.4, 0.5) is 5.82 Å². The van der Waals surface area contributed by atoms with Crippen LogP contribution in [0.2, 0.25) is 0 Å². The van der Waals surface area contributed by atoms with Crippen molar-refractivity contribution in [2.45, 2.75) is 78.2 Å². The van der Waals surface area contributed by atoms with Crippen LogP contribution in [0.3, 0.4) is 0 Å². The van der Waals surface area contributed by atoms with Crippen LogP contribution in [0.15, 0.2) is 37.3 Å². The van der Waals surface area contributed by atoms with E-state index >= 15 is 0 Å². The summed E-state index contributed by atoms with van der Waals surface area (Å²) in [5.41, 5.74) is 5.48. The van der Waals surface area contributed by atoms with Crippen LogP contribution in [-0.4, -0.2) is 44.3 Å². The van der Waals surface area contributed by atoms with E-state index in [4.69, 9.17) is 0 Å². The minimum Gasteiger partial charge on any atom is -0.340 e. The van der Waals surface area contributed by atoms with E-state index in [1.165, 1.54) is 43.5 Å². The summed E-state index contributed by atoms with van der Waals surface area (Å²) < 4.78 is 2.00. The number of hydrogen-bond acceptors (Lipinski definition) is 5. The van der Waals surface area contributed by atoms with Gasteiger partial charge in [-0.05, 0) is 65.6 Å². The lowest BCUT2D eigenvalue weighted by atomic mass is 9.79. The Morgan fingerprint density at radius 2 is 1.56 bits per heavy atom. The van der Waals surface area contributed by atoms with Crippen molar-refractivity contribution in [3.63, 3.8) is 0 Å². The van der Waals surface area contributed by atoms with Gasteiger partial charge in [0.05, 0.1) is 18.1 Å². The van der Waals surface area contributed by atoms with Crippen molar-refractivity contribution in [1.29, 1.82) is 0 Å². The number of fused-ring (bicyclic) bond motifs is 1. The quantitative estimate of drug-likeness (QED) is 0.490. The van der Waals surface area contributed by atoms with Crippen LogP contribution in [-0.2, 0) is 17.4 Å². The highest BCUT2D eigenvalue weighted by Gasteiger charge is 2.21. The first-order chi connectivity index (χ1) is 16.0. The van der Waals surface area contributed by atoms with Crippen LogP contribution < -0.4 is 5.32 Å². The molecule has 0 aliphatic carbocycles. The minimum absolute atomic E-state index is 0.0496. The van der Waals surface area contributed by atoms with Crippen molar-refractivity contribution >= 4 is 22.5 Å². The molecule has 3 heterocycles. The van der Waals surface area contributed by atoms with Crippen LogP contribution >= 0.6 is 0 Å². The van der Waals surface area contributed by atoms with E-state index in [-0.39, 0.29) is 10.8 Å². The molecular weight excluding hydrogens is 420 g/mol. The molecular formula is C28H40N6. The van der Waals surface area contributed by atoms with Gasteiger partial charge in [-0.2, -0.15) is 5.10 Å². The first-order valence-electron chi connectivity index (χ1n) is 12.5. The second-order valence-corrected chi connectivity index (χ2v) is 11.6. The molecule has 0 radical (unpaired) electrons. The van der Waals surface area contributed by atoms with Crippen LogP contribution in [0.1, 0.15) is 77.5 Å². The molecule has 182 valence electrons. The van der Waals surface area contributed by atoms with Gasteiger partial charge in [0, 0.05) is 12.2 Å². The average molecular weight is 461 g/mol. The van der Waals surface area contributed by atoms with E-state index in [0.717, 1.165) is 41.2 Å². The Labute approximate surface area is 204 Å². The van der Waals surface area contributed by atoms with Crippen LogP contribution in [0.5, 0.6) is 0 Å². The van der Waals surface area contributed by atoms with E-state index in [1.54, 1.807) is 6.33 Å². The molecule has 0 bridgehead atoms. The number of anilines is 1. The highest BCUT2D eigenvalue weighted by molar-refractivity contribution is 5.91. The molecule has 34 heavy (non-hydrogen) atoms. The lowest BCUT2D eigenvalue weighted by Gasteiger charge is -2.26. The van der Waals surface area contributed by atoms with E-state index < -0.39 is 0 Å². The molecule has 1 N–H and O–H groups in total. The molecule has 6 nitrogen and oxygen atoms in total. The largest absolute Gasteiger partial charge is 0.340 e. The number of nitrogens with one attached hydrogen (secondary N) is 1. The molecule has 1 saturated heterocycles. The lowest BCUT2D eigenvalue weighted by molar-refractivity contribution is 0.219. The summed E-state index contributed by atoms with van der Waals surface area (Å²) in [6, 6.07) is 6.81. The smallest absolute Gasteiger partial charge is 0.163 e. The van der Waals surface area contributed by atoms with Crippen molar-refractivity contribution < 1.29 is 0 Å². The molecule has 1 aromatic carbocycles. The number of benzene rings is 1. The Morgan fingerprint density at radius 1 is 0.912 bits per heavy atom. The molecule has 0 spiro atoms. The number of hydrogen-bond donors (Lipinski definition) is 1. The maximum atomic E-state index is 4.63. The number of aromatic nitrogens is 4. The van der Waals surface area contributed by atoms with Gasteiger partial charge < -0.3 is 10.2 Å². The Bertz CT molecular complexity index is 1120. The van der Waals surface area contributed by atoms with Crippen molar-refractivity contribution in [2.24, 2.45) is 0 Å². The van der Waals surface area contributed by atoms with Gasteiger partial charge in [0.2, 0.25) is 0 Å². The predicted octanol–water partition coefficient (Wildman–Crippen LogP) is 5.99. The molecule has 0 atom stereocenters. The fraction of sp³-hybridized carbons (Fsp3) is 0.536. The lowest BCUT2D eigenvalue weighted by Crippen LogP contribution is -2.32. The van der Waals surface area contributed by atoms with Gasteiger partial charge in [0.25, 0.3) is 0 Å². The topological polar surface area (TPSA) is 58.9 Å². The molecule has 2 aromatic heterocycles. The van der Waals surface area contributed by atoms with Gasteiger partial charge in [0.15, 0.2) is 5.65 Å². The van der Waals surface area contributed by atoms with Gasteiger partial charge in [-0.3, -0.25) is 0 Å². The highest BCUT2D eigenvalue weighted by Crippen LogP contribution is 2.33.